The van der Waals surface area contributed by atoms with Crippen LogP contribution in [0.2, 0.25) is 17.6 Å². The monoisotopic (exact) mass is 264 g/mol. The molecule has 0 saturated heterocycles. The molecule has 0 saturated carbocycles. The summed E-state index contributed by atoms with van der Waals surface area (Å²) in [5.74, 6) is -0.768. The lowest BCUT2D eigenvalue weighted by Gasteiger charge is -2.36. The van der Waals surface area contributed by atoms with Gasteiger partial charge in [-0.25, -0.2) is 0 Å². The fourth-order valence-electron chi connectivity index (χ4n) is 2.49. The molecule has 1 aromatic carbocycles. The maximum Gasteiger partial charge on any atom is 0.307 e. The van der Waals surface area contributed by atoms with Crippen molar-refractivity contribution >= 4 is 19.2 Å². The summed E-state index contributed by atoms with van der Waals surface area (Å²) < 4.78 is 0. The lowest BCUT2D eigenvalue weighted by Crippen LogP contribution is -2.50. The highest BCUT2D eigenvalue weighted by Crippen LogP contribution is 2.31. The van der Waals surface area contributed by atoms with Gasteiger partial charge in [-0.05, 0) is 16.6 Å². The summed E-state index contributed by atoms with van der Waals surface area (Å²) in [6.07, 6.45) is 0.113. The molecule has 18 heavy (non-hydrogen) atoms. The summed E-state index contributed by atoms with van der Waals surface area (Å²) in [6.45, 7) is 11.6. The zero-order valence-corrected chi connectivity index (χ0v) is 13.0. The summed E-state index contributed by atoms with van der Waals surface area (Å²) in [5, 5.41) is 10.2. The van der Waals surface area contributed by atoms with Gasteiger partial charge in [-0.15, -0.1) is 0 Å². The molecule has 0 heterocycles. The smallest absolute Gasteiger partial charge is 0.307 e. The van der Waals surface area contributed by atoms with E-state index >= 15 is 0 Å². The summed E-state index contributed by atoms with van der Waals surface area (Å²) >= 11 is 0. The van der Waals surface area contributed by atoms with E-state index in [0.29, 0.717) is 11.1 Å². The van der Waals surface area contributed by atoms with E-state index in [-0.39, 0.29) is 6.42 Å². The van der Waals surface area contributed by atoms with Crippen LogP contribution in [0, 0.1) is 0 Å². The Labute approximate surface area is 111 Å². The van der Waals surface area contributed by atoms with Gasteiger partial charge in [-0.3, -0.25) is 4.79 Å². The van der Waals surface area contributed by atoms with E-state index in [1.54, 1.807) is 0 Å². The van der Waals surface area contributed by atoms with Crippen molar-refractivity contribution in [2.24, 2.45) is 0 Å². The fraction of sp³-hybridized carbons (Fsp3) is 0.533. The van der Waals surface area contributed by atoms with Crippen molar-refractivity contribution in [1.82, 2.24) is 0 Å². The number of hydrogen-bond donors (Lipinski definition) is 1. The molecule has 0 amide bonds. The third-order valence-corrected chi connectivity index (χ3v) is 10.7. The van der Waals surface area contributed by atoms with E-state index in [4.69, 9.17) is 5.11 Å². The van der Waals surface area contributed by atoms with Crippen LogP contribution >= 0.6 is 0 Å². The number of benzene rings is 1. The molecule has 2 nitrogen and oxygen atoms in total. The molecule has 100 valence electrons. The minimum atomic E-state index is -1.49. The Balaban J connectivity index is 3.05. The van der Waals surface area contributed by atoms with Crippen LogP contribution in [0.1, 0.15) is 33.3 Å². The van der Waals surface area contributed by atoms with Gasteiger partial charge < -0.3 is 5.11 Å². The van der Waals surface area contributed by atoms with Crippen LogP contribution in [-0.2, 0) is 11.2 Å². The van der Waals surface area contributed by atoms with Crippen molar-refractivity contribution < 1.29 is 9.90 Å². The van der Waals surface area contributed by atoms with Crippen LogP contribution in [0.5, 0.6) is 0 Å². The van der Waals surface area contributed by atoms with Gasteiger partial charge in [0, 0.05) is 0 Å². The van der Waals surface area contributed by atoms with Crippen molar-refractivity contribution in [2.75, 3.05) is 0 Å². The number of carbonyl (C=O) groups is 1. The lowest BCUT2D eigenvalue weighted by atomic mass is 10.2. The van der Waals surface area contributed by atoms with Gasteiger partial charge in [0.25, 0.3) is 0 Å². The molecule has 0 aliphatic heterocycles. The maximum absolute atomic E-state index is 10.7. The second-order valence-corrected chi connectivity index (χ2v) is 11.3. The molecule has 0 bridgehead atoms. The predicted molar refractivity (Wildman–Crippen MR) is 79.2 cm³/mol. The summed E-state index contributed by atoms with van der Waals surface area (Å²) in [5.41, 5.74) is 2.25. The summed E-state index contributed by atoms with van der Waals surface area (Å²) in [7, 11) is -1.49. The van der Waals surface area contributed by atoms with Gasteiger partial charge in [-0.2, -0.15) is 0 Å². The van der Waals surface area contributed by atoms with Crippen molar-refractivity contribution in [3.8, 4) is 0 Å². The quantitative estimate of drug-likeness (QED) is 0.827. The van der Waals surface area contributed by atoms with Crippen molar-refractivity contribution in [2.45, 2.75) is 51.7 Å². The largest absolute Gasteiger partial charge is 0.481 e. The Bertz CT molecular complexity index is 399. The molecular formula is C15H24O2Si. The fourth-order valence-corrected chi connectivity index (χ4v) is 6.04. The van der Waals surface area contributed by atoms with E-state index in [1.807, 2.05) is 12.1 Å². The standard InChI is InChI=1S/C15H24O2Si/c1-11(2)18(5,12(3)4)14-8-6-13(7-9-14)10-15(16)17/h6-9,11-12H,10H2,1-5H3,(H,16,17). The Morgan fingerprint density at radius 1 is 1.11 bits per heavy atom. The molecule has 0 unspecified atom stereocenters. The summed E-state index contributed by atoms with van der Waals surface area (Å²) in [6, 6.07) is 8.23. The van der Waals surface area contributed by atoms with Gasteiger partial charge in [0.05, 0.1) is 14.5 Å². The minimum absolute atomic E-state index is 0.113. The van der Waals surface area contributed by atoms with Crippen molar-refractivity contribution in [1.29, 1.82) is 0 Å². The molecule has 0 aliphatic carbocycles. The SMILES string of the molecule is CC(C)[Si](C)(c1ccc(CC(=O)O)cc1)C(C)C. The average molecular weight is 264 g/mol. The molecule has 1 aromatic rings. The van der Waals surface area contributed by atoms with Crippen molar-refractivity contribution in [3.05, 3.63) is 29.8 Å². The number of carboxylic acid groups (broad SMARTS) is 1. The molecule has 0 radical (unpaired) electrons. The predicted octanol–water partition coefficient (Wildman–Crippen LogP) is 3.42. The van der Waals surface area contributed by atoms with Gasteiger partial charge in [0.2, 0.25) is 0 Å². The lowest BCUT2D eigenvalue weighted by molar-refractivity contribution is -0.136. The van der Waals surface area contributed by atoms with E-state index in [9.17, 15) is 4.79 Å². The van der Waals surface area contributed by atoms with Gasteiger partial charge >= 0.3 is 5.97 Å². The summed E-state index contributed by atoms with van der Waals surface area (Å²) in [4.78, 5) is 10.7. The highest BCUT2D eigenvalue weighted by atomic mass is 28.3. The average Bonchev–Trinajstić information content (AvgIpc) is 2.27. The minimum Gasteiger partial charge on any atom is -0.481 e. The third-order valence-electron chi connectivity index (χ3n) is 4.33. The third kappa shape index (κ3) is 3.02. The molecule has 0 aliphatic rings. The van der Waals surface area contributed by atoms with Gasteiger partial charge in [0.1, 0.15) is 0 Å². The van der Waals surface area contributed by atoms with Crippen LogP contribution in [0.4, 0.5) is 0 Å². The zero-order valence-electron chi connectivity index (χ0n) is 12.0. The second kappa shape index (κ2) is 5.70. The van der Waals surface area contributed by atoms with Gasteiger partial charge in [0.15, 0.2) is 0 Å². The van der Waals surface area contributed by atoms with Crippen molar-refractivity contribution in [3.63, 3.8) is 0 Å². The van der Waals surface area contributed by atoms with E-state index in [1.165, 1.54) is 5.19 Å². The first-order valence-electron chi connectivity index (χ1n) is 6.59. The number of carboxylic acids is 1. The molecular weight excluding hydrogens is 240 g/mol. The van der Waals surface area contributed by atoms with Crippen LogP contribution in [0.3, 0.4) is 0 Å². The highest BCUT2D eigenvalue weighted by molar-refractivity contribution is 6.92. The first-order valence-corrected chi connectivity index (χ1v) is 9.25. The first-order chi connectivity index (χ1) is 8.28. The molecule has 0 spiro atoms. The normalized spacial score (nSPS) is 12.2. The Morgan fingerprint density at radius 3 is 1.89 bits per heavy atom. The van der Waals surface area contributed by atoms with Crippen LogP contribution in [0.15, 0.2) is 24.3 Å². The van der Waals surface area contributed by atoms with E-state index < -0.39 is 14.0 Å². The number of rotatable bonds is 5. The highest BCUT2D eigenvalue weighted by Gasteiger charge is 2.36. The Kier molecular flexibility index (Phi) is 4.74. The first kappa shape index (κ1) is 15.0. The molecule has 1 N–H and O–H groups in total. The maximum atomic E-state index is 10.7. The molecule has 1 rings (SSSR count). The zero-order chi connectivity index (χ0) is 13.9. The molecule has 0 atom stereocenters. The van der Waals surface area contributed by atoms with E-state index in [2.05, 4.69) is 46.4 Å². The van der Waals surface area contributed by atoms with Crippen LogP contribution in [0.25, 0.3) is 0 Å². The van der Waals surface area contributed by atoms with Crippen LogP contribution < -0.4 is 5.19 Å². The number of hydrogen-bond acceptors (Lipinski definition) is 1. The Morgan fingerprint density at radius 2 is 1.56 bits per heavy atom. The molecule has 3 heteroatoms. The number of aliphatic carboxylic acids is 1. The van der Waals surface area contributed by atoms with Gasteiger partial charge in [-0.1, -0.05) is 63.7 Å². The second-order valence-electron chi connectivity index (χ2n) is 5.86. The topological polar surface area (TPSA) is 37.3 Å². The molecule has 0 fully saturated rings. The molecule has 0 aromatic heterocycles. The van der Waals surface area contributed by atoms with E-state index in [0.717, 1.165) is 5.56 Å². The van der Waals surface area contributed by atoms with Crippen LogP contribution in [-0.4, -0.2) is 19.1 Å². The Hall–Kier alpha value is -1.09.